The van der Waals surface area contributed by atoms with Crippen molar-refractivity contribution in [3.05, 3.63) is 138 Å². The molecule has 0 atom stereocenters. The van der Waals surface area contributed by atoms with Gasteiger partial charge in [-0.2, -0.15) is 0 Å². The molecule has 4 aromatic carbocycles. The number of fused-ring (bicyclic) bond motifs is 8. The maximum absolute atomic E-state index is 13.6. The van der Waals surface area contributed by atoms with Gasteiger partial charge in [0.05, 0.1) is 5.41 Å². The van der Waals surface area contributed by atoms with Crippen molar-refractivity contribution in [2.75, 3.05) is 0 Å². The van der Waals surface area contributed by atoms with E-state index in [1.165, 1.54) is 22.3 Å². The maximum Gasteiger partial charge on any atom is 0.193 e. The van der Waals surface area contributed by atoms with Crippen LogP contribution in [0.3, 0.4) is 0 Å². The Hall–Kier alpha value is -2.49. The number of hydrogen-bond acceptors (Lipinski definition) is 1. The molecule has 0 fully saturated rings. The number of halogens is 2. The van der Waals surface area contributed by atoms with E-state index in [-0.39, 0.29) is 11.2 Å². The van der Waals surface area contributed by atoms with Gasteiger partial charge in [0.2, 0.25) is 0 Å². The molecule has 0 saturated heterocycles. The molecule has 0 radical (unpaired) electrons. The molecule has 2 aliphatic carbocycles. The Morgan fingerprint density at radius 3 is 1.47 bits per heavy atom. The fraction of sp³-hybridized carbons (Fsp3) is 0.138. The van der Waals surface area contributed by atoms with Crippen LogP contribution in [-0.2, 0) is 10.8 Å². The van der Waals surface area contributed by atoms with E-state index in [0.717, 1.165) is 31.2 Å². The molecular formula is C29H20Br2O. The zero-order chi connectivity index (χ0) is 22.3. The van der Waals surface area contributed by atoms with Crippen molar-refractivity contribution in [2.24, 2.45) is 0 Å². The summed E-state index contributed by atoms with van der Waals surface area (Å²) in [6.07, 6.45) is 0. The second kappa shape index (κ2) is 6.76. The maximum atomic E-state index is 13.6. The normalized spacial score (nSPS) is 16.7. The van der Waals surface area contributed by atoms with Gasteiger partial charge in [-0.3, -0.25) is 4.79 Å². The SMILES string of the molecule is CC1(C)c2ccc(Br)cc2C2(c3ccccc3C(=O)c3ccccc32)c2cc(Br)ccc21. The third-order valence-corrected chi connectivity index (χ3v) is 8.26. The molecule has 32 heavy (non-hydrogen) atoms. The number of benzene rings is 4. The lowest BCUT2D eigenvalue weighted by Gasteiger charge is -2.50. The Morgan fingerprint density at radius 1 is 0.562 bits per heavy atom. The van der Waals surface area contributed by atoms with E-state index >= 15 is 0 Å². The minimum atomic E-state index is -0.575. The lowest BCUT2D eigenvalue weighted by Crippen LogP contribution is -2.45. The van der Waals surface area contributed by atoms with E-state index in [4.69, 9.17) is 0 Å². The first kappa shape index (κ1) is 20.1. The highest BCUT2D eigenvalue weighted by atomic mass is 79.9. The summed E-state index contributed by atoms with van der Waals surface area (Å²) in [4.78, 5) is 13.6. The predicted octanol–water partition coefficient (Wildman–Crippen LogP) is 7.78. The molecule has 3 heteroatoms. The molecule has 156 valence electrons. The molecule has 0 aliphatic heterocycles. The average molecular weight is 544 g/mol. The number of ketones is 1. The molecule has 0 heterocycles. The summed E-state index contributed by atoms with van der Waals surface area (Å²) in [6, 6.07) is 29.5. The van der Waals surface area contributed by atoms with E-state index < -0.39 is 5.41 Å². The molecule has 0 N–H and O–H groups in total. The van der Waals surface area contributed by atoms with Gasteiger partial charge in [0.25, 0.3) is 0 Å². The van der Waals surface area contributed by atoms with Gasteiger partial charge in [-0.05, 0) is 57.6 Å². The van der Waals surface area contributed by atoms with E-state index in [1.807, 2.05) is 24.3 Å². The van der Waals surface area contributed by atoms with Crippen LogP contribution < -0.4 is 0 Å². The quantitative estimate of drug-likeness (QED) is 0.195. The lowest BCUT2D eigenvalue weighted by atomic mass is 9.51. The van der Waals surface area contributed by atoms with Crippen LogP contribution in [-0.4, -0.2) is 5.78 Å². The van der Waals surface area contributed by atoms with E-state index in [1.54, 1.807) is 0 Å². The summed E-state index contributed by atoms with van der Waals surface area (Å²) >= 11 is 7.50. The summed E-state index contributed by atoms with van der Waals surface area (Å²) in [5.74, 6) is 0.0970. The molecule has 6 rings (SSSR count). The van der Waals surface area contributed by atoms with Crippen molar-refractivity contribution in [3.8, 4) is 0 Å². The van der Waals surface area contributed by atoms with Gasteiger partial charge in [0.1, 0.15) is 0 Å². The number of carbonyl (C=O) groups is 1. The Kier molecular flexibility index (Phi) is 4.25. The fourth-order valence-electron chi connectivity index (χ4n) is 5.92. The van der Waals surface area contributed by atoms with Crippen LogP contribution in [0, 0.1) is 0 Å². The highest BCUT2D eigenvalue weighted by molar-refractivity contribution is 9.10. The second-order valence-corrected chi connectivity index (χ2v) is 11.0. The third kappa shape index (κ3) is 2.41. The second-order valence-electron chi connectivity index (χ2n) is 9.18. The van der Waals surface area contributed by atoms with Crippen LogP contribution in [0.4, 0.5) is 0 Å². The Bertz CT molecular complexity index is 1340. The van der Waals surface area contributed by atoms with Gasteiger partial charge in [-0.15, -0.1) is 0 Å². The van der Waals surface area contributed by atoms with Gasteiger partial charge in [-0.1, -0.05) is 106 Å². The first-order chi connectivity index (χ1) is 15.4. The minimum Gasteiger partial charge on any atom is -0.289 e. The molecule has 0 aromatic heterocycles. The first-order valence-electron chi connectivity index (χ1n) is 10.7. The number of rotatable bonds is 0. The van der Waals surface area contributed by atoms with Gasteiger partial charge >= 0.3 is 0 Å². The van der Waals surface area contributed by atoms with Crippen molar-refractivity contribution < 1.29 is 4.79 Å². The minimum absolute atomic E-state index is 0.0970. The molecule has 2 aliphatic rings. The number of carbonyl (C=O) groups excluding carboxylic acids is 1. The van der Waals surface area contributed by atoms with E-state index in [0.29, 0.717) is 0 Å². The molecular weight excluding hydrogens is 524 g/mol. The van der Waals surface area contributed by atoms with Gasteiger partial charge in [0.15, 0.2) is 5.78 Å². The van der Waals surface area contributed by atoms with Gasteiger partial charge in [-0.25, -0.2) is 0 Å². The highest BCUT2D eigenvalue weighted by Gasteiger charge is 2.53. The third-order valence-electron chi connectivity index (χ3n) is 7.27. The molecule has 0 bridgehead atoms. The molecule has 1 spiro atoms. The Balaban J connectivity index is 1.91. The van der Waals surface area contributed by atoms with Crippen LogP contribution in [0.5, 0.6) is 0 Å². The standard InChI is InChI=1S/C29H20Br2O/c1-28(2)23-13-11-17(30)15-25(23)29(26-16-18(31)12-14-24(26)28)21-9-5-3-7-19(21)27(32)20-8-4-6-10-22(20)29/h3-16H,1-2H3. The summed E-state index contributed by atoms with van der Waals surface area (Å²) in [5, 5.41) is 0. The Labute approximate surface area is 204 Å². The smallest absolute Gasteiger partial charge is 0.193 e. The summed E-state index contributed by atoms with van der Waals surface area (Å²) in [6.45, 7) is 4.59. The summed E-state index contributed by atoms with van der Waals surface area (Å²) < 4.78 is 2.08. The Morgan fingerprint density at radius 2 is 1.00 bits per heavy atom. The van der Waals surface area contributed by atoms with Crippen LogP contribution in [0.25, 0.3) is 0 Å². The van der Waals surface area contributed by atoms with Crippen molar-refractivity contribution in [2.45, 2.75) is 24.7 Å². The monoisotopic (exact) mass is 542 g/mol. The van der Waals surface area contributed by atoms with Crippen LogP contribution in [0.15, 0.2) is 93.9 Å². The van der Waals surface area contributed by atoms with Crippen LogP contribution >= 0.6 is 31.9 Å². The zero-order valence-electron chi connectivity index (χ0n) is 17.7. The first-order valence-corrected chi connectivity index (χ1v) is 12.3. The van der Waals surface area contributed by atoms with Crippen molar-refractivity contribution >= 4 is 37.6 Å². The van der Waals surface area contributed by atoms with Crippen LogP contribution in [0.2, 0.25) is 0 Å². The van der Waals surface area contributed by atoms with Gasteiger partial charge < -0.3 is 0 Å². The lowest BCUT2D eigenvalue weighted by molar-refractivity contribution is 0.103. The summed E-state index contributed by atoms with van der Waals surface area (Å²) in [7, 11) is 0. The molecule has 0 unspecified atom stereocenters. The van der Waals surface area contributed by atoms with E-state index in [9.17, 15) is 4.79 Å². The molecule has 4 aromatic rings. The summed E-state index contributed by atoms with van der Waals surface area (Å²) in [5.41, 5.74) is 7.95. The van der Waals surface area contributed by atoms with Crippen molar-refractivity contribution in [1.82, 2.24) is 0 Å². The van der Waals surface area contributed by atoms with Crippen molar-refractivity contribution in [3.63, 3.8) is 0 Å². The molecule has 0 amide bonds. The van der Waals surface area contributed by atoms with Crippen LogP contribution in [0.1, 0.15) is 63.1 Å². The largest absolute Gasteiger partial charge is 0.289 e. The molecule has 1 nitrogen and oxygen atoms in total. The van der Waals surface area contributed by atoms with Gasteiger partial charge in [0, 0.05) is 25.5 Å². The zero-order valence-corrected chi connectivity index (χ0v) is 20.9. The number of hydrogen-bond donors (Lipinski definition) is 0. The highest BCUT2D eigenvalue weighted by Crippen LogP contribution is 2.59. The molecule has 0 saturated carbocycles. The average Bonchev–Trinajstić information content (AvgIpc) is 2.79. The van der Waals surface area contributed by atoms with Crippen molar-refractivity contribution in [1.29, 1.82) is 0 Å². The van der Waals surface area contributed by atoms with E-state index in [2.05, 4.69) is 106 Å². The fourth-order valence-corrected chi connectivity index (χ4v) is 6.64. The predicted molar refractivity (Wildman–Crippen MR) is 136 cm³/mol. The topological polar surface area (TPSA) is 17.1 Å².